The number of likely N-dealkylation sites (N-methyl/N-ethyl adjacent to an activating group) is 1. The van der Waals surface area contributed by atoms with E-state index in [1.54, 1.807) is 10.8 Å². The number of fused-ring (bicyclic) bond motifs is 1. The van der Waals surface area contributed by atoms with Gasteiger partial charge in [-0.3, -0.25) is 14.3 Å². The topological polar surface area (TPSA) is 69.5 Å². The molecule has 0 saturated carbocycles. The van der Waals surface area contributed by atoms with Crippen molar-refractivity contribution in [2.75, 3.05) is 57.0 Å². The maximum Gasteiger partial charge on any atom is 0.260 e. The number of likely N-dealkylation sites (tertiary alicyclic amines) is 1. The summed E-state index contributed by atoms with van der Waals surface area (Å²) in [6.07, 6.45) is 3.97. The van der Waals surface area contributed by atoms with Crippen molar-refractivity contribution >= 4 is 40.0 Å². The zero-order valence-corrected chi connectivity index (χ0v) is 24.2. The van der Waals surface area contributed by atoms with Crippen molar-refractivity contribution in [2.24, 2.45) is 0 Å². The Labute approximate surface area is 240 Å². The molecule has 8 nitrogen and oxygen atoms in total. The summed E-state index contributed by atoms with van der Waals surface area (Å²) < 4.78 is 1.72. The van der Waals surface area contributed by atoms with Crippen LogP contribution >= 0.6 is 11.6 Å². The highest BCUT2D eigenvalue weighted by atomic mass is 35.5. The van der Waals surface area contributed by atoms with Gasteiger partial charge in [0.15, 0.2) is 0 Å². The number of anilines is 3. The first-order chi connectivity index (χ1) is 19.4. The SMILES string of the molecule is CCn1c(=O)c(-c2c(Cl)cccc2C2CCCN2C)cc2cnc(Nc3ccc(N4CCN(C)CC4)cc3)nc21. The minimum absolute atomic E-state index is 0.0915. The van der Waals surface area contributed by atoms with E-state index < -0.39 is 0 Å². The van der Waals surface area contributed by atoms with Gasteiger partial charge >= 0.3 is 0 Å². The Kier molecular flexibility index (Phi) is 7.49. The van der Waals surface area contributed by atoms with Gasteiger partial charge in [-0.05, 0) is 82.4 Å². The lowest BCUT2D eigenvalue weighted by Crippen LogP contribution is -2.44. The van der Waals surface area contributed by atoms with Gasteiger partial charge < -0.3 is 15.1 Å². The van der Waals surface area contributed by atoms with Crippen LogP contribution in [0.15, 0.2) is 59.5 Å². The van der Waals surface area contributed by atoms with Gasteiger partial charge in [0.05, 0.1) is 0 Å². The maximum absolute atomic E-state index is 13.9. The third-order valence-corrected chi connectivity index (χ3v) is 8.64. The normalized spacial score (nSPS) is 18.5. The van der Waals surface area contributed by atoms with Crippen LogP contribution in [0.4, 0.5) is 17.3 Å². The molecule has 2 saturated heterocycles. The lowest BCUT2D eigenvalue weighted by Gasteiger charge is -2.34. The molecule has 40 heavy (non-hydrogen) atoms. The summed E-state index contributed by atoms with van der Waals surface area (Å²) in [6, 6.07) is 16.5. The first-order valence-electron chi connectivity index (χ1n) is 14.1. The minimum atomic E-state index is -0.0915. The Morgan fingerprint density at radius 1 is 1.02 bits per heavy atom. The quantitative estimate of drug-likeness (QED) is 0.341. The molecule has 208 valence electrons. The van der Waals surface area contributed by atoms with Crippen LogP contribution < -0.4 is 15.8 Å². The molecule has 6 rings (SSSR count). The van der Waals surface area contributed by atoms with Crippen LogP contribution in [0.5, 0.6) is 0 Å². The van der Waals surface area contributed by atoms with Crippen molar-refractivity contribution in [3.63, 3.8) is 0 Å². The van der Waals surface area contributed by atoms with Gasteiger partial charge in [0.25, 0.3) is 5.56 Å². The third-order valence-electron chi connectivity index (χ3n) is 8.33. The van der Waals surface area contributed by atoms with Gasteiger partial charge in [-0.2, -0.15) is 4.98 Å². The summed E-state index contributed by atoms with van der Waals surface area (Å²) in [4.78, 5) is 30.4. The monoisotopic (exact) mass is 557 g/mol. The molecular formula is C31H36ClN7O. The summed E-state index contributed by atoms with van der Waals surface area (Å²) in [5, 5.41) is 4.72. The van der Waals surface area contributed by atoms with Crippen LogP contribution in [-0.2, 0) is 6.54 Å². The van der Waals surface area contributed by atoms with Crippen LogP contribution in [0.25, 0.3) is 22.2 Å². The summed E-state index contributed by atoms with van der Waals surface area (Å²) >= 11 is 6.78. The highest BCUT2D eigenvalue weighted by Gasteiger charge is 2.27. The summed E-state index contributed by atoms with van der Waals surface area (Å²) in [5.41, 5.74) is 5.15. The molecule has 1 N–H and O–H groups in total. The van der Waals surface area contributed by atoms with Gasteiger partial charge in [-0.25, -0.2) is 4.98 Å². The van der Waals surface area contributed by atoms with E-state index in [1.807, 2.05) is 25.1 Å². The van der Waals surface area contributed by atoms with E-state index in [9.17, 15) is 4.79 Å². The Hall–Kier alpha value is -3.46. The standard InChI is InChI=1S/C31H36ClN7O/c1-4-39-29-21(19-25(30(39)40)28-24(7-5-8-26(28)32)27-9-6-14-37(27)3)20-33-31(35-29)34-22-10-12-23(13-11-22)38-17-15-36(2)16-18-38/h5,7-8,10-13,19-20,27H,4,6,9,14-18H2,1-3H3,(H,33,34,35). The molecule has 2 aromatic carbocycles. The van der Waals surface area contributed by atoms with Crippen molar-refractivity contribution < 1.29 is 0 Å². The van der Waals surface area contributed by atoms with Crippen LogP contribution in [0, 0.1) is 0 Å². The van der Waals surface area contributed by atoms with Crippen molar-refractivity contribution in [1.82, 2.24) is 24.3 Å². The zero-order chi connectivity index (χ0) is 27.8. The second-order valence-electron chi connectivity index (χ2n) is 10.9. The number of pyridine rings is 1. The lowest BCUT2D eigenvalue weighted by atomic mass is 9.93. The van der Waals surface area contributed by atoms with Gasteiger partial charge in [-0.15, -0.1) is 0 Å². The zero-order valence-electron chi connectivity index (χ0n) is 23.4. The molecule has 0 radical (unpaired) electrons. The van der Waals surface area contributed by atoms with Gasteiger partial charge in [0, 0.05) is 77.9 Å². The Morgan fingerprint density at radius 3 is 2.50 bits per heavy atom. The molecule has 4 aromatic rings. The number of piperazine rings is 1. The second kappa shape index (κ2) is 11.2. The second-order valence-corrected chi connectivity index (χ2v) is 11.3. The summed E-state index contributed by atoms with van der Waals surface area (Å²) in [5.74, 6) is 0.459. The fourth-order valence-corrected chi connectivity index (χ4v) is 6.33. The summed E-state index contributed by atoms with van der Waals surface area (Å²) in [7, 11) is 4.30. The number of hydrogen-bond acceptors (Lipinski definition) is 7. The van der Waals surface area contributed by atoms with Crippen molar-refractivity contribution in [2.45, 2.75) is 32.4 Å². The van der Waals surface area contributed by atoms with E-state index in [4.69, 9.17) is 16.6 Å². The molecule has 2 fully saturated rings. The smallest absolute Gasteiger partial charge is 0.260 e. The maximum atomic E-state index is 13.9. The largest absolute Gasteiger partial charge is 0.369 e. The molecule has 9 heteroatoms. The fourth-order valence-electron chi connectivity index (χ4n) is 6.05. The van der Waals surface area contributed by atoms with Gasteiger partial charge in [0.1, 0.15) is 5.65 Å². The van der Waals surface area contributed by atoms with E-state index in [1.165, 1.54) is 5.69 Å². The number of benzene rings is 2. The van der Waals surface area contributed by atoms with E-state index >= 15 is 0 Å². The number of nitrogens with zero attached hydrogens (tertiary/aromatic N) is 6. The molecule has 2 aliphatic rings. The average molecular weight is 558 g/mol. The first-order valence-corrected chi connectivity index (χ1v) is 14.5. The van der Waals surface area contributed by atoms with Crippen LogP contribution in [0.1, 0.15) is 31.4 Å². The predicted molar refractivity (Wildman–Crippen MR) is 164 cm³/mol. The molecule has 4 heterocycles. The predicted octanol–water partition coefficient (Wildman–Crippen LogP) is 5.39. The molecule has 1 atom stereocenters. The molecular weight excluding hydrogens is 522 g/mol. The number of halogens is 1. The first kappa shape index (κ1) is 26.7. The third kappa shape index (κ3) is 5.07. The minimum Gasteiger partial charge on any atom is -0.369 e. The molecule has 0 aliphatic carbocycles. The van der Waals surface area contributed by atoms with E-state index in [2.05, 4.69) is 69.4 Å². The molecule has 0 bridgehead atoms. The summed E-state index contributed by atoms with van der Waals surface area (Å²) in [6.45, 7) is 7.69. The average Bonchev–Trinajstić information content (AvgIpc) is 3.39. The van der Waals surface area contributed by atoms with E-state index in [0.717, 1.165) is 67.8 Å². The number of aryl methyl sites for hydroxylation is 1. The Bertz CT molecular complexity index is 1580. The lowest BCUT2D eigenvalue weighted by molar-refractivity contribution is 0.313. The van der Waals surface area contributed by atoms with E-state index in [-0.39, 0.29) is 11.6 Å². The highest BCUT2D eigenvalue weighted by Crippen LogP contribution is 2.40. The molecule has 2 aliphatic heterocycles. The number of rotatable bonds is 6. The van der Waals surface area contributed by atoms with Crippen molar-refractivity contribution in [1.29, 1.82) is 0 Å². The molecule has 1 unspecified atom stereocenters. The number of aromatic nitrogens is 3. The van der Waals surface area contributed by atoms with Crippen LogP contribution in [0.3, 0.4) is 0 Å². The fraction of sp³-hybridized carbons (Fsp3) is 0.387. The number of hydrogen-bond donors (Lipinski definition) is 1. The van der Waals surface area contributed by atoms with E-state index in [0.29, 0.717) is 28.7 Å². The molecule has 0 amide bonds. The molecule has 0 spiro atoms. The van der Waals surface area contributed by atoms with Crippen LogP contribution in [0.2, 0.25) is 5.02 Å². The highest BCUT2D eigenvalue weighted by molar-refractivity contribution is 6.33. The van der Waals surface area contributed by atoms with Crippen molar-refractivity contribution in [3.05, 3.63) is 75.7 Å². The van der Waals surface area contributed by atoms with Gasteiger partial charge in [0.2, 0.25) is 5.95 Å². The van der Waals surface area contributed by atoms with Crippen LogP contribution in [-0.4, -0.2) is 71.2 Å². The number of nitrogens with one attached hydrogen (secondary N) is 1. The Balaban J connectivity index is 1.33. The molecule has 2 aromatic heterocycles. The van der Waals surface area contributed by atoms with Gasteiger partial charge in [-0.1, -0.05) is 23.7 Å². The Morgan fingerprint density at radius 2 is 1.80 bits per heavy atom. The van der Waals surface area contributed by atoms with Crippen molar-refractivity contribution in [3.8, 4) is 11.1 Å².